The first-order valence-corrected chi connectivity index (χ1v) is 6.06. The zero-order valence-electron chi connectivity index (χ0n) is 9.22. The van der Waals surface area contributed by atoms with E-state index in [4.69, 9.17) is 5.73 Å². The van der Waals surface area contributed by atoms with Crippen LogP contribution in [-0.2, 0) is 11.3 Å². The Bertz CT molecular complexity index is 328. The molecular weight excluding hydrogens is 228 g/mol. The lowest BCUT2D eigenvalue weighted by Crippen LogP contribution is -2.17. The highest BCUT2D eigenvalue weighted by molar-refractivity contribution is 7.99. The van der Waals surface area contributed by atoms with E-state index in [1.165, 1.54) is 11.8 Å². The molecule has 0 atom stereocenters. The van der Waals surface area contributed by atoms with Crippen LogP contribution in [0.2, 0.25) is 0 Å². The predicted octanol–water partition coefficient (Wildman–Crippen LogP) is -0.750. The van der Waals surface area contributed by atoms with E-state index in [0.29, 0.717) is 19.5 Å². The van der Waals surface area contributed by atoms with Crippen molar-refractivity contribution in [2.24, 2.45) is 5.73 Å². The third kappa shape index (κ3) is 4.15. The number of nitrogens with zero attached hydrogens (tertiary/aromatic N) is 4. The second-order valence-corrected chi connectivity index (χ2v) is 4.16. The Kier molecular flexibility index (Phi) is 5.79. The van der Waals surface area contributed by atoms with E-state index in [1.54, 1.807) is 11.7 Å². The van der Waals surface area contributed by atoms with E-state index in [2.05, 4.69) is 20.8 Å². The standard InChI is InChI=1S/C8H16N6OS/c1-10-7(15)3-2-6-16-8-11-12-13-14(8)5-4-9/h2-6,9H2,1H3,(H,10,15). The van der Waals surface area contributed by atoms with Crippen molar-refractivity contribution in [2.45, 2.75) is 24.5 Å². The van der Waals surface area contributed by atoms with E-state index < -0.39 is 0 Å². The summed E-state index contributed by atoms with van der Waals surface area (Å²) in [4.78, 5) is 11.0. The summed E-state index contributed by atoms with van der Waals surface area (Å²) >= 11 is 1.54. The highest BCUT2D eigenvalue weighted by Crippen LogP contribution is 2.14. The number of rotatable bonds is 7. The number of thioether (sulfide) groups is 1. The van der Waals surface area contributed by atoms with Crippen molar-refractivity contribution in [1.82, 2.24) is 25.5 Å². The number of hydrogen-bond acceptors (Lipinski definition) is 6. The molecule has 0 saturated heterocycles. The maximum Gasteiger partial charge on any atom is 0.219 e. The molecule has 0 aromatic carbocycles. The first-order chi connectivity index (χ1) is 7.77. The summed E-state index contributed by atoms with van der Waals surface area (Å²) in [6, 6.07) is 0. The lowest BCUT2D eigenvalue weighted by Gasteiger charge is -2.02. The average molecular weight is 244 g/mol. The Hall–Kier alpha value is -1.15. The predicted molar refractivity (Wildman–Crippen MR) is 60.9 cm³/mol. The molecule has 1 amide bonds. The van der Waals surface area contributed by atoms with Crippen LogP contribution in [0.3, 0.4) is 0 Å². The van der Waals surface area contributed by atoms with Crippen LogP contribution >= 0.6 is 11.8 Å². The summed E-state index contributed by atoms with van der Waals surface area (Å²) in [5.41, 5.74) is 5.42. The smallest absolute Gasteiger partial charge is 0.219 e. The molecule has 1 aromatic heterocycles. The number of nitrogens with two attached hydrogens (primary N) is 1. The summed E-state index contributed by atoms with van der Waals surface area (Å²) in [6.07, 6.45) is 1.34. The van der Waals surface area contributed by atoms with Crippen LogP contribution in [0, 0.1) is 0 Å². The molecule has 8 heteroatoms. The van der Waals surface area contributed by atoms with Gasteiger partial charge in [0.1, 0.15) is 0 Å². The number of aromatic nitrogens is 4. The molecule has 90 valence electrons. The third-order valence-electron chi connectivity index (χ3n) is 1.90. The van der Waals surface area contributed by atoms with Crippen LogP contribution in [-0.4, -0.2) is 45.5 Å². The largest absolute Gasteiger partial charge is 0.359 e. The van der Waals surface area contributed by atoms with Crippen molar-refractivity contribution < 1.29 is 4.79 Å². The molecule has 0 aliphatic heterocycles. The number of hydrogen-bond donors (Lipinski definition) is 2. The quantitative estimate of drug-likeness (QED) is 0.484. The maximum atomic E-state index is 11.0. The molecule has 1 aromatic rings. The van der Waals surface area contributed by atoms with Gasteiger partial charge in [0, 0.05) is 25.8 Å². The Balaban J connectivity index is 2.26. The molecule has 1 heterocycles. The van der Waals surface area contributed by atoms with Crippen molar-refractivity contribution in [3.8, 4) is 0 Å². The summed E-state index contributed by atoms with van der Waals surface area (Å²) in [5, 5.41) is 14.6. The van der Waals surface area contributed by atoms with Gasteiger partial charge in [0.2, 0.25) is 11.1 Å². The lowest BCUT2D eigenvalue weighted by atomic mass is 10.3. The fourth-order valence-electron chi connectivity index (χ4n) is 1.08. The number of carbonyl (C=O) groups is 1. The summed E-state index contributed by atoms with van der Waals surface area (Å²) in [5.74, 6) is 0.875. The molecule has 0 bridgehead atoms. The molecule has 0 aliphatic carbocycles. The minimum absolute atomic E-state index is 0.0575. The normalized spacial score (nSPS) is 10.4. The monoisotopic (exact) mass is 244 g/mol. The van der Waals surface area contributed by atoms with Gasteiger partial charge in [-0.3, -0.25) is 4.79 Å². The first-order valence-electron chi connectivity index (χ1n) is 5.07. The lowest BCUT2D eigenvalue weighted by molar-refractivity contribution is -0.120. The highest BCUT2D eigenvalue weighted by atomic mass is 32.2. The number of amides is 1. The Morgan fingerprint density at radius 3 is 3.12 bits per heavy atom. The topological polar surface area (TPSA) is 98.7 Å². The van der Waals surface area contributed by atoms with Gasteiger partial charge in [-0.25, -0.2) is 4.68 Å². The van der Waals surface area contributed by atoms with Crippen LogP contribution < -0.4 is 11.1 Å². The second kappa shape index (κ2) is 7.18. The third-order valence-corrected chi connectivity index (χ3v) is 2.94. The van der Waals surface area contributed by atoms with E-state index in [1.807, 2.05) is 0 Å². The van der Waals surface area contributed by atoms with Crippen LogP contribution in [0.5, 0.6) is 0 Å². The molecule has 16 heavy (non-hydrogen) atoms. The molecule has 0 fully saturated rings. The van der Waals surface area contributed by atoms with Gasteiger partial charge in [0.15, 0.2) is 0 Å². The van der Waals surface area contributed by atoms with Gasteiger partial charge >= 0.3 is 0 Å². The molecule has 7 nitrogen and oxygen atoms in total. The fraction of sp³-hybridized carbons (Fsp3) is 0.750. The molecule has 0 spiro atoms. The average Bonchev–Trinajstić information content (AvgIpc) is 2.72. The zero-order chi connectivity index (χ0) is 11.8. The first kappa shape index (κ1) is 12.9. The van der Waals surface area contributed by atoms with Gasteiger partial charge in [0.05, 0.1) is 6.54 Å². The van der Waals surface area contributed by atoms with Gasteiger partial charge in [-0.05, 0) is 16.8 Å². The molecule has 0 unspecified atom stereocenters. The number of tetrazole rings is 1. The molecule has 0 saturated carbocycles. The zero-order valence-corrected chi connectivity index (χ0v) is 10.0. The summed E-state index contributed by atoms with van der Waals surface area (Å²) in [6.45, 7) is 1.13. The van der Waals surface area contributed by atoms with E-state index >= 15 is 0 Å². The van der Waals surface area contributed by atoms with Gasteiger partial charge in [-0.1, -0.05) is 11.8 Å². The van der Waals surface area contributed by atoms with Gasteiger partial charge in [0.25, 0.3) is 0 Å². The Morgan fingerprint density at radius 1 is 1.62 bits per heavy atom. The Labute approximate surface area is 98.1 Å². The summed E-state index contributed by atoms with van der Waals surface area (Å²) < 4.78 is 1.67. The maximum absolute atomic E-state index is 11.0. The van der Waals surface area contributed by atoms with Crippen LogP contribution in [0.25, 0.3) is 0 Å². The van der Waals surface area contributed by atoms with Crippen molar-refractivity contribution in [3.05, 3.63) is 0 Å². The van der Waals surface area contributed by atoms with Crippen LogP contribution in [0.1, 0.15) is 12.8 Å². The van der Waals surface area contributed by atoms with Gasteiger partial charge in [-0.2, -0.15) is 0 Å². The van der Waals surface area contributed by atoms with E-state index in [-0.39, 0.29) is 5.91 Å². The second-order valence-electron chi connectivity index (χ2n) is 3.10. The van der Waals surface area contributed by atoms with E-state index in [9.17, 15) is 4.79 Å². The minimum atomic E-state index is 0.0575. The SMILES string of the molecule is CNC(=O)CCCSc1nnnn1CCN. The van der Waals surface area contributed by atoms with Crippen molar-refractivity contribution in [1.29, 1.82) is 0 Å². The van der Waals surface area contributed by atoms with Crippen LogP contribution in [0.15, 0.2) is 5.16 Å². The van der Waals surface area contributed by atoms with Gasteiger partial charge in [-0.15, -0.1) is 5.10 Å². The van der Waals surface area contributed by atoms with Crippen molar-refractivity contribution in [3.63, 3.8) is 0 Å². The number of carbonyl (C=O) groups excluding carboxylic acids is 1. The molecular formula is C8H16N6OS. The molecule has 0 aliphatic rings. The van der Waals surface area contributed by atoms with Crippen molar-refractivity contribution in [2.75, 3.05) is 19.3 Å². The molecule has 0 radical (unpaired) electrons. The minimum Gasteiger partial charge on any atom is -0.359 e. The highest BCUT2D eigenvalue weighted by Gasteiger charge is 2.06. The van der Waals surface area contributed by atoms with E-state index in [0.717, 1.165) is 17.3 Å². The fourth-order valence-corrected chi connectivity index (χ4v) is 1.93. The molecule has 1 rings (SSSR count). The number of nitrogens with one attached hydrogen (secondary N) is 1. The van der Waals surface area contributed by atoms with Crippen molar-refractivity contribution >= 4 is 17.7 Å². The van der Waals surface area contributed by atoms with Crippen LogP contribution in [0.4, 0.5) is 0 Å². The Morgan fingerprint density at radius 2 is 2.44 bits per heavy atom. The molecule has 3 N–H and O–H groups in total. The van der Waals surface area contributed by atoms with Gasteiger partial charge < -0.3 is 11.1 Å². The summed E-state index contributed by atoms with van der Waals surface area (Å²) in [7, 11) is 1.64.